The van der Waals surface area contributed by atoms with Crippen molar-refractivity contribution in [2.45, 2.75) is 38.8 Å². The quantitative estimate of drug-likeness (QED) is 0.833. The highest BCUT2D eigenvalue weighted by Gasteiger charge is 2.42. The molecule has 0 spiro atoms. The normalized spacial score (nSPS) is 23.2. The lowest BCUT2D eigenvalue weighted by molar-refractivity contribution is -0.128. The van der Waals surface area contributed by atoms with Crippen LogP contribution in [-0.2, 0) is 9.59 Å². The fourth-order valence-corrected chi connectivity index (χ4v) is 3.03. The van der Waals surface area contributed by atoms with Gasteiger partial charge in [0.1, 0.15) is 5.82 Å². The molecular weight excluding hydrogens is 311 g/mol. The van der Waals surface area contributed by atoms with Gasteiger partial charge in [-0.25, -0.2) is 4.39 Å². The van der Waals surface area contributed by atoms with Crippen LogP contribution >= 0.6 is 0 Å². The minimum absolute atomic E-state index is 0.0890. The summed E-state index contributed by atoms with van der Waals surface area (Å²) in [5, 5.41) is 12.7. The maximum atomic E-state index is 13.1. The lowest BCUT2D eigenvalue weighted by Crippen LogP contribution is -2.40. The number of aliphatic hydroxyl groups is 1. The Bertz CT molecular complexity index is 590. The van der Waals surface area contributed by atoms with Gasteiger partial charge in [-0.05, 0) is 23.6 Å². The van der Waals surface area contributed by atoms with Crippen LogP contribution in [0.3, 0.4) is 0 Å². The number of hydrogen-bond donors (Lipinski definition) is 2. The molecule has 4 unspecified atom stereocenters. The minimum atomic E-state index is -0.613. The molecule has 2 rings (SSSR count). The summed E-state index contributed by atoms with van der Waals surface area (Å²) in [6.07, 6.45) is 0.321. The van der Waals surface area contributed by atoms with Crippen LogP contribution in [-0.4, -0.2) is 41.5 Å². The Kier molecular flexibility index (Phi) is 5.94. The van der Waals surface area contributed by atoms with Gasteiger partial charge in [-0.3, -0.25) is 9.59 Å². The summed E-state index contributed by atoms with van der Waals surface area (Å²) in [7, 11) is 1.65. The first kappa shape index (κ1) is 18.4. The largest absolute Gasteiger partial charge is 0.391 e. The molecule has 24 heavy (non-hydrogen) atoms. The average molecular weight is 336 g/mol. The number of amides is 2. The van der Waals surface area contributed by atoms with Gasteiger partial charge in [0.2, 0.25) is 11.8 Å². The summed E-state index contributed by atoms with van der Waals surface area (Å²) in [5.41, 5.74) is 0.729. The predicted molar refractivity (Wildman–Crippen MR) is 88.5 cm³/mol. The number of rotatable bonds is 6. The van der Waals surface area contributed by atoms with Crippen molar-refractivity contribution in [3.8, 4) is 0 Å². The van der Waals surface area contributed by atoms with Crippen LogP contribution in [0.15, 0.2) is 24.3 Å². The molecule has 0 radical (unpaired) electrons. The van der Waals surface area contributed by atoms with Gasteiger partial charge in [0.15, 0.2) is 0 Å². The molecule has 1 aromatic carbocycles. The van der Waals surface area contributed by atoms with Crippen molar-refractivity contribution in [1.82, 2.24) is 10.2 Å². The molecule has 4 atom stereocenters. The summed E-state index contributed by atoms with van der Waals surface area (Å²) in [5.74, 6) is -1.19. The topological polar surface area (TPSA) is 69.6 Å². The number of nitrogens with one attached hydrogen (secondary N) is 1. The molecular formula is C18H25FN2O3. The van der Waals surface area contributed by atoms with Crippen LogP contribution in [0.25, 0.3) is 0 Å². The lowest BCUT2D eigenvalue weighted by atomic mass is 9.92. The Morgan fingerprint density at radius 2 is 2.04 bits per heavy atom. The number of aliphatic hydroxyl groups excluding tert-OH is 1. The number of benzene rings is 1. The highest BCUT2D eigenvalue weighted by Crippen LogP contribution is 2.37. The Balaban J connectivity index is 2.10. The molecule has 1 aliphatic heterocycles. The molecule has 0 bridgehead atoms. The van der Waals surface area contributed by atoms with Gasteiger partial charge in [-0.15, -0.1) is 0 Å². The Hall–Kier alpha value is -1.95. The van der Waals surface area contributed by atoms with E-state index in [1.165, 1.54) is 17.0 Å². The Labute approximate surface area is 141 Å². The van der Waals surface area contributed by atoms with Crippen LogP contribution in [0, 0.1) is 17.7 Å². The third-order valence-electron chi connectivity index (χ3n) is 4.92. The van der Waals surface area contributed by atoms with Crippen molar-refractivity contribution >= 4 is 11.8 Å². The smallest absolute Gasteiger partial charge is 0.226 e. The monoisotopic (exact) mass is 336 g/mol. The molecule has 6 heteroatoms. The lowest BCUT2D eigenvalue weighted by Gasteiger charge is -2.25. The van der Waals surface area contributed by atoms with E-state index in [-0.39, 0.29) is 36.5 Å². The van der Waals surface area contributed by atoms with Gasteiger partial charge in [0.05, 0.1) is 18.1 Å². The molecule has 1 aromatic rings. The van der Waals surface area contributed by atoms with Crippen LogP contribution in [0.1, 0.15) is 38.3 Å². The van der Waals surface area contributed by atoms with E-state index in [2.05, 4.69) is 5.32 Å². The van der Waals surface area contributed by atoms with Gasteiger partial charge >= 0.3 is 0 Å². The van der Waals surface area contributed by atoms with Crippen molar-refractivity contribution < 1.29 is 19.1 Å². The SMILES string of the molecule is CCC(C)C(O)CNC(=O)C1CC(=O)N(C)C1c1ccc(F)cc1. The highest BCUT2D eigenvalue weighted by molar-refractivity contribution is 5.90. The third-order valence-corrected chi connectivity index (χ3v) is 4.92. The molecule has 2 N–H and O–H groups in total. The van der Waals surface area contributed by atoms with Crippen molar-refractivity contribution in [2.75, 3.05) is 13.6 Å². The molecule has 132 valence electrons. The van der Waals surface area contributed by atoms with Gasteiger partial charge in [-0.1, -0.05) is 32.4 Å². The van der Waals surface area contributed by atoms with E-state index in [9.17, 15) is 19.1 Å². The zero-order chi connectivity index (χ0) is 17.9. The van der Waals surface area contributed by atoms with E-state index in [1.54, 1.807) is 19.2 Å². The second-order valence-corrected chi connectivity index (χ2v) is 6.51. The molecule has 0 aromatic heterocycles. The van der Waals surface area contributed by atoms with Gasteiger partial charge in [-0.2, -0.15) is 0 Å². The van der Waals surface area contributed by atoms with E-state index in [1.807, 2.05) is 13.8 Å². The molecule has 1 fully saturated rings. The maximum Gasteiger partial charge on any atom is 0.226 e. The first-order valence-electron chi connectivity index (χ1n) is 8.32. The van der Waals surface area contributed by atoms with Crippen molar-refractivity contribution in [2.24, 2.45) is 11.8 Å². The summed E-state index contributed by atoms with van der Waals surface area (Å²) in [6.45, 7) is 4.06. The van der Waals surface area contributed by atoms with E-state index in [0.29, 0.717) is 0 Å². The van der Waals surface area contributed by atoms with E-state index >= 15 is 0 Å². The Morgan fingerprint density at radius 3 is 2.62 bits per heavy atom. The second kappa shape index (κ2) is 7.75. The highest BCUT2D eigenvalue weighted by atomic mass is 19.1. The third kappa shape index (κ3) is 3.93. The molecule has 1 aliphatic rings. The van der Waals surface area contributed by atoms with E-state index in [4.69, 9.17) is 0 Å². The molecule has 1 saturated heterocycles. The summed E-state index contributed by atoms with van der Waals surface area (Å²) in [4.78, 5) is 26.1. The number of carbonyl (C=O) groups is 2. The number of carbonyl (C=O) groups excluding carboxylic acids is 2. The van der Waals surface area contributed by atoms with Crippen LogP contribution < -0.4 is 5.32 Å². The second-order valence-electron chi connectivity index (χ2n) is 6.51. The number of likely N-dealkylation sites (tertiary alicyclic amines) is 1. The van der Waals surface area contributed by atoms with Crippen molar-refractivity contribution in [3.63, 3.8) is 0 Å². The minimum Gasteiger partial charge on any atom is -0.391 e. The van der Waals surface area contributed by atoms with E-state index < -0.39 is 18.1 Å². The number of halogens is 1. The van der Waals surface area contributed by atoms with Crippen molar-refractivity contribution in [1.29, 1.82) is 0 Å². The fraction of sp³-hybridized carbons (Fsp3) is 0.556. The summed E-state index contributed by atoms with van der Waals surface area (Å²) in [6, 6.07) is 5.44. The van der Waals surface area contributed by atoms with Gasteiger partial charge in [0.25, 0.3) is 0 Å². The van der Waals surface area contributed by atoms with Crippen molar-refractivity contribution in [3.05, 3.63) is 35.6 Å². The molecule has 1 heterocycles. The zero-order valence-electron chi connectivity index (χ0n) is 14.3. The number of hydrogen-bond acceptors (Lipinski definition) is 3. The van der Waals surface area contributed by atoms with E-state index in [0.717, 1.165) is 12.0 Å². The first-order valence-corrected chi connectivity index (χ1v) is 8.32. The summed E-state index contributed by atoms with van der Waals surface area (Å²) < 4.78 is 13.1. The first-order chi connectivity index (χ1) is 11.3. The fourth-order valence-electron chi connectivity index (χ4n) is 3.03. The molecule has 0 aliphatic carbocycles. The molecule has 5 nitrogen and oxygen atoms in total. The summed E-state index contributed by atoms with van der Waals surface area (Å²) >= 11 is 0. The van der Waals surface area contributed by atoms with Crippen LogP contribution in [0.2, 0.25) is 0 Å². The Morgan fingerprint density at radius 1 is 1.42 bits per heavy atom. The van der Waals surface area contributed by atoms with Gasteiger partial charge < -0.3 is 15.3 Å². The van der Waals surface area contributed by atoms with Gasteiger partial charge in [0, 0.05) is 20.0 Å². The molecule has 2 amide bonds. The van der Waals surface area contributed by atoms with Crippen LogP contribution in [0.4, 0.5) is 4.39 Å². The zero-order valence-corrected chi connectivity index (χ0v) is 14.3. The maximum absolute atomic E-state index is 13.1. The standard InChI is InChI=1S/C18H25FN2O3/c1-4-11(2)15(22)10-20-18(24)14-9-16(23)21(3)17(14)12-5-7-13(19)8-6-12/h5-8,11,14-15,17,22H,4,9-10H2,1-3H3,(H,20,24). The predicted octanol–water partition coefficient (Wildman–Crippen LogP) is 1.87. The molecule has 0 saturated carbocycles. The van der Waals surface area contributed by atoms with Crippen LogP contribution in [0.5, 0.6) is 0 Å². The average Bonchev–Trinajstić information content (AvgIpc) is 2.87. The number of nitrogens with zero attached hydrogens (tertiary/aromatic N) is 1.